The van der Waals surface area contributed by atoms with Gasteiger partial charge in [0, 0.05) is 4.88 Å². The average molecular weight is 386 g/mol. The number of carboxylic acids is 1. The summed E-state index contributed by atoms with van der Waals surface area (Å²) in [4.78, 5) is 31.2. The number of aliphatic carboxylic acids is 1. The number of rotatable bonds is 4. The van der Waals surface area contributed by atoms with Crippen molar-refractivity contribution < 1.29 is 9.90 Å². The average Bonchev–Trinajstić information content (AvgIpc) is 3.00. The molecule has 0 saturated heterocycles. The highest BCUT2D eigenvalue weighted by Crippen LogP contribution is 2.40. The lowest BCUT2D eigenvalue weighted by Crippen LogP contribution is -2.23. The van der Waals surface area contributed by atoms with Gasteiger partial charge in [-0.2, -0.15) is 0 Å². The van der Waals surface area contributed by atoms with Crippen molar-refractivity contribution in [1.82, 2.24) is 9.55 Å². The fourth-order valence-electron chi connectivity index (χ4n) is 3.55. The van der Waals surface area contributed by atoms with Gasteiger partial charge in [-0.3, -0.25) is 14.2 Å². The minimum atomic E-state index is -0.928. The number of para-hydroxylation sites is 1. The Balaban J connectivity index is 2.00. The highest BCUT2D eigenvalue weighted by Gasteiger charge is 2.26. The van der Waals surface area contributed by atoms with E-state index < -0.39 is 5.97 Å². The van der Waals surface area contributed by atoms with Crippen LogP contribution in [0.3, 0.4) is 0 Å². The summed E-state index contributed by atoms with van der Waals surface area (Å²) in [6.45, 7) is 2.17. The molecule has 2 heterocycles. The monoisotopic (exact) mass is 386 g/mol. The smallest absolute Gasteiger partial charge is 0.313 e. The van der Waals surface area contributed by atoms with Crippen LogP contribution in [0.4, 0.5) is 0 Å². The van der Waals surface area contributed by atoms with Gasteiger partial charge in [0.15, 0.2) is 5.16 Å². The number of fused-ring (bicyclic) bond motifs is 3. The fourth-order valence-corrected chi connectivity index (χ4v) is 5.65. The second-order valence-electron chi connectivity index (χ2n) is 6.47. The molecule has 1 N–H and O–H groups in total. The molecule has 0 radical (unpaired) electrons. The van der Waals surface area contributed by atoms with Gasteiger partial charge >= 0.3 is 5.97 Å². The zero-order valence-electron chi connectivity index (χ0n) is 14.3. The molecule has 0 bridgehead atoms. The van der Waals surface area contributed by atoms with E-state index in [1.807, 2.05) is 30.3 Å². The molecule has 5 nitrogen and oxygen atoms in total. The minimum absolute atomic E-state index is 0.0969. The summed E-state index contributed by atoms with van der Waals surface area (Å²) in [6.07, 6.45) is 3.21. The molecule has 2 aromatic heterocycles. The number of carbonyl (C=O) groups is 1. The van der Waals surface area contributed by atoms with E-state index in [-0.39, 0.29) is 11.3 Å². The highest BCUT2D eigenvalue weighted by atomic mass is 32.2. The number of nitrogens with zero attached hydrogens (tertiary/aromatic N) is 2. The Labute approximate surface area is 158 Å². The van der Waals surface area contributed by atoms with Gasteiger partial charge in [0.1, 0.15) is 4.83 Å². The molecule has 1 atom stereocenters. The van der Waals surface area contributed by atoms with E-state index in [0.717, 1.165) is 41.4 Å². The molecule has 3 aromatic rings. The molecule has 0 spiro atoms. The number of hydrogen-bond donors (Lipinski definition) is 1. The molecule has 1 aliphatic carbocycles. The zero-order valence-corrected chi connectivity index (χ0v) is 15.9. The molecule has 134 valence electrons. The van der Waals surface area contributed by atoms with Gasteiger partial charge in [-0.05, 0) is 42.9 Å². The molecular weight excluding hydrogens is 368 g/mol. The van der Waals surface area contributed by atoms with Crippen LogP contribution in [0.2, 0.25) is 0 Å². The molecule has 0 amide bonds. The van der Waals surface area contributed by atoms with Crippen LogP contribution in [0.5, 0.6) is 0 Å². The quantitative estimate of drug-likeness (QED) is 0.541. The first-order valence-corrected chi connectivity index (χ1v) is 10.3. The van der Waals surface area contributed by atoms with Gasteiger partial charge in [-0.25, -0.2) is 4.98 Å². The Hall–Kier alpha value is -2.12. The van der Waals surface area contributed by atoms with Crippen LogP contribution >= 0.6 is 23.1 Å². The largest absolute Gasteiger partial charge is 0.481 e. The molecule has 0 aliphatic heterocycles. The molecular formula is C19H18N2O3S2. The first-order chi connectivity index (χ1) is 12.6. The Morgan fingerprint density at radius 3 is 2.88 bits per heavy atom. The Kier molecular flexibility index (Phi) is 4.58. The van der Waals surface area contributed by atoms with Crippen LogP contribution in [0.25, 0.3) is 15.9 Å². The van der Waals surface area contributed by atoms with Gasteiger partial charge < -0.3 is 5.11 Å². The third-order valence-electron chi connectivity index (χ3n) is 4.68. The van der Waals surface area contributed by atoms with Crippen molar-refractivity contribution in [3.05, 3.63) is 51.1 Å². The number of benzene rings is 1. The van der Waals surface area contributed by atoms with E-state index in [0.29, 0.717) is 22.1 Å². The zero-order chi connectivity index (χ0) is 18.3. The lowest BCUT2D eigenvalue weighted by molar-refractivity contribution is -0.133. The van der Waals surface area contributed by atoms with Gasteiger partial charge in [0.05, 0.1) is 16.8 Å². The number of aryl methyl sites for hydroxylation is 1. The summed E-state index contributed by atoms with van der Waals surface area (Å²) < 4.78 is 1.56. The lowest BCUT2D eigenvalue weighted by Gasteiger charge is -2.19. The van der Waals surface area contributed by atoms with E-state index in [1.54, 1.807) is 15.9 Å². The predicted octanol–water partition coefficient (Wildman–Crippen LogP) is 4.06. The van der Waals surface area contributed by atoms with Crippen LogP contribution in [-0.4, -0.2) is 26.4 Å². The molecule has 26 heavy (non-hydrogen) atoms. The fraction of sp³-hybridized carbons (Fsp3) is 0.316. The third kappa shape index (κ3) is 2.95. The summed E-state index contributed by atoms with van der Waals surface area (Å²) in [5.74, 6) is -0.710. The van der Waals surface area contributed by atoms with Crippen LogP contribution in [0, 0.1) is 0 Å². The number of hydrogen-bond acceptors (Lipinski definition) is 5. The second kappa shape index (κ2) is 6.89. The minimum Gasteiger partial charge on any atom is -0.481 e. The summed E-state index contributed by atoms with van der Waals surface area (Å²) in [5, 5.41) is 10.2. The van der Waals surface area contributed by atoms with E-state index in [1.165, 1.54) is 4.88 Å². The van der Waals surface area contributed by atoms with Crippen molar-refractivity contribution in [3.63, 3.8) is 0 Å². The normalized spacial score (nSPS) is 16.6. The van der Waals surface area contributed by atoms with Crippen molar-refractivity contribution in [2.24, 2.45) is 0 Å². The van der Waals surface area contributed by atoms with Crippen molar-refractivity contribution in [3.8, 4) is 5.69 Å². The SMILES string of the molecule is CC1CCCc2sc3nc(SCC(=O)O)n(-c4ccccc4)c(=O)c3c21. The van der Waals surface area contributed by atoms with Crippen molar-refractivity contribution in [1.29, 1.82) is 0 Å². The molecule has 0 saturated carbocycles. The Morgan fingerprint density at radius 1 is 1.38 bits per heavy atom. The molecule has 1 aliphatic rings. The van der Waals surface area contributed by atoms with E-state index in [9.17, 15) is 9.59 Å². The van der Waals surface area contributed by atoms with Gasteiger partial charge in [0.25, 0.3) is 5.56 Å². The third-order valence-corrected chi connectivity index (χ3v) is 6.76. The summed E-state index contributed by atoms with van der Waals surface area (Å²) >= 11 is 2.67. The summed E-state index contributed by atoms with van der Waals surface area (Å²) in [6, 6.07) is 9.32. The van der Waals surface area contributed by atoms with Gasteiger partial charge in [-0.1, -0.05) is 36.9 Å². The molecule has 4 rings (SSSR count). The maximum Gasteiger partial charge on any atom is 0.313 e. The van der Waals surface area contributed by atoms with Crippen LogP contribution in [0.1, 0.15) is 36.1 Å². The number of aromatic nitrogens is 2. The standard InChI is InChI=1S/C19H18N2O3S2/c1-11-6-5-9-13-15(11)16-17(26-13)20-19(25-10-14(22)23)21(18(16)24)12-7-3-2-4-8-12/h2-4,7-8,11H,5-6,9-10H2,1H3,(H,22,23). The number of thiophene rings is 1. The maximum atomic E-state index is 13.4. The first kappa shape index (κ1) is 17.3. The van der Waals surface area contributed by atoms with Gasteiger partial charge in [0.2, 0.25) is 0 Å². The Bertz CT molecular complexity index is 1040. The summed E-state index contributed by atoms with van der Waals surface area (Å²) in [5.41, 5.74) is 1.76. The van der Waals surface area contributed by atoms with Crippen molar-refractivity contribution in [2.45, 2.75) is 37.3 Å². The number of carboxylic acid groups (broad SMARTS) is 1. The van der Waals surface area contributed by atoms with E-state index >= 15 is 0 Å². The molecule has 1 aromatic carbocycles. The van der Waals surface area contributed by atoms with E-state index in [4.69, 9.17) is 10.1 Å². The lowest BCUT2D eigenvalue weighted by atomic mass is 9.88. The van der Waals surface area contributed by atoms with Crippen LogP contribution < -0.4 is 5.56 Å². The van der Waals surface area contributed by atoms with Crippen molar-refractivity contribution >= 4 is 39.3 Å². The molecule has 7 heteroatoms. The van der Waals surface area contributed by atoms with Gasteiger partial charge in [-0.15, -0.1) is 11.3 Å². The molecule has 0 fully saturated rings. The second-order valence-corrected chi connectivity index (χ2v) is 8.49. The number of thioether (sulfide) groups is 1. The first-order valence-electron chi connectivity index (χ1n) is 8.54. The predicted molar refractivity (Wildman–Crippen MR) is 105 cm³/mol. The van der Waals surface area contributed by atoms with Crippen LogP contribution in [-0.2, 0) is 11.2 Å². The maximum absolute atomic E-state index is 13.4. The molecule has 1 unspecified atom stereocenters. The topological polar surface area (TPSA) is 72.2 Å². The van der Waals surface area contributed by atoms with E-state index in [2.05, 4.69) is 6.92 Å². The van der Waals surface area contributed by atoms with Crippen molar-refractivity contribution in [2.75, 3.05) is 5.75 Å². The highest BCUT2D eigenvalue weighted by molar-refractivity contribution is 7.99. The summed E-state index contributed by atoms with van der Waals surface area (Å²) in [7, 11) is 0. The Morgan fingerprint density at radius 2 is 2.15 bits per heavy atom. The van der Waals surface area contributed by atoms with Crippen LogP contribution in [0.15, 0.2) is 40.3 Å².